The number of nitrogens with zero attached hydrogens (tertiary/aromatic N) is 1. The average molecular weight is 609 g/mol. The molecule has 0 aliphatic carbocycles. The highest BCUT2D eigenvalue weighted by Crippen LogP contribution is 2.31. The molecule has 5 rings (SSSR count). The predicted octanol–water partition coefficient (Wildman–Crippen LogP) is 7.06. The van der Waals surface area contributed by atoms with Crippen molar-refractivity contribution in [3.05, 3.63) is 113 Å². The molecule has 0 saturated carbocycles. The van der Waals surface area contributed by atoms with Crippen molar-refractivity contribution in [2.45, 2.75) is 26.4 Å². The number of halogens is 2. The monoisotopic (exact) mass is 608 g/mol. The highest BCUT2D eigenvalue weighted by molar-refractivity contribution is 7.92. The van der Waals surface area contributed by atoms with Crippen LogP contribution in [0.2, 0.25) is 0 Å². The molecule has 43 heavy (non-hydrogen) atoms. The van der Waals surface area contributed by atoms with Gasteiger partial charge < -0.3 is 19.1 Å². The largest absolute Gasteiger partial charge is 0.493 e. The maximum atomic E-state index is 14.7. The highest BCUT2D eigenvalue weighted by Gasteiger charge is 2.18. The van der Waals surface area contributed by atoms with E-state index in [1.54, 1.807) is 19.1 Å². The van der Waals surface area contributed by atoms with Crippen LogP contribution in [0.1, 0.15) is 23.1 Å². The standard InChI is InChI=1S/C33H34F2N2O5S/c1-23-32(36-43(2,38)39)7-4-8-33(23)37(20-26-11-12-27(34)17-31(26)35)19-24-9-13-28(14-10-24)42-30-6-3-5-29(18-30)41-22-25-15-16-40-21-25/h3-14,17-18,25,36H,15-16,19-22H2,1-2H3. The summed E-state index contributed by atoms with van der Waals surface area (Å²) in [6, 6.07) is 23.8. The van der Waals surface area contributed by atoms with Gasteiger partial charge in [0.05, 0.1) is 25.2 Å². The molecule has 1 N–H and O–H groups in total. The van der Waals surface area contributed by atoms with Crippen LogP contribution in [-0.2, 0) is 27.8 Å². The molecule has 0 amide bonds. The van der Waals surface area contributed by atoms with Crippen LogP contribution >= 0.6 is 0 Å². The lowest BCUT2D eigenvalue weighted by Gasteiger charge is -2.28. The topological polar surface area (TPSA) is 77.1 Å². The minimum Gasteiger partial charge on any atom is -0.493 e. The molecular formula is C33H34F2N2O5S. The van der Waals surface area contributed by atoms with E-state index in [1.807, 2.05) is 59.5 Å². The lowest BCUT2D eigenvalue weighted by Crippen LogP contribution is -2.24. The lowest BCUT2D eigenvalue weighted by atomic mass is 10.1. The number of hydrogen-bond acceptors (Lipinski definition) is 6. The van der Waals surface area contributed by atoms with Gasteiger partial charge in [-0.05, 0) is 66.9 Å². The molecule has 1 unspecified atom stereocenters. The number of nitrogens with one attached hydrogen (secondary N) is 1. The number of sulfonamides is 1. The van der Waals surface area contributed by atoms with Crippen molar-refractivity contribution in [3.63, 3.8) is 0 Å². The van der Waals surface area contributed by atoms with E-state index in [0.29, 0.717) is 53.1 Å². The summed E-state index contributed by atoms with van der Waals surface area (Å²) < 4.78 is 72.1. The van der Waals surface area contributed by atoms with Gasteiger partial charge in [-0.15, -0.1) is 0 Å². The van der Waals surface area contributed by atoms with Crippen LogP contribution in [0.15, 0.2) is 84.9 Å². The zero-order valence-electron chi connectivity index (χ0n) is 24.1. The molecule has 0 radical (unpaired) electrons. The zero-order valence-corrected chi connectivity index (χ0v) is 24.9. The van der Waals surface area contributed by atoms with E-state index in [-0.39, 0.29) is 6.54 Å². The van der Waals surface area contributed by atoms with Gasteiger partial charge in [0, 0.05) is 49.0 Å². The van der Waals surface area contributed by atoms with Crippen molar-refractivity contribution < 1.29 is 31.4 Å². The Labute approximate surface area is 251 Å². The van der Waals surface area contributed by atoms with E-state index >= 15 is 0 Å². The first-order valence-electron chi connectivity index (χ1n) is 14.0. The molecule has 4 aromatic rings. The molecular weight excluding hydrogens is 574 g/mol. The van der Waals surface area contributed by atoms with E-state index in [2.05, 4.69) is 4.72 Å². The number of anilines is 2. The Hall–Kier alpha value is -4.15. The van der Waals surface area contributed by atoms with Gasteiger partial charge in [0.1, 0.15) is 28.9 Å². The summed E-state index contributed by atoms with van der Waals surface area (Å²) in [5.74, 6) is 1.11. The summed E-state index contributed by atoms with van der Waals surface area (Å²) in [7, 11) is -3.51. The summed E-state index contributed by atoms with van der Waals surface area (Å²) in [6.07, 6.45) is 2.09. The van der Waals surface area contributed by atoms with E-state index < -0.39 is 21.7 Å². The van der Waals surface area contributed by atoms with Crippen molar-refractivity contribution in [1.29, 1.82) is 0 Å². The van der Waals surface area contributed by atoms with Crippen LogP contribution in [0.25, 0.3) is 0 Å². The molecule has 0 bridgehead atoms. The summed E-state index contributed by atoms with van der Waals surface area (Å²) in [5.41, 5.74) is 3.03. The molecule has 226 valence electrons. The average Bonchev–Trinajstić information content (AvgIpc) is 3.49. The van der Waals surface area contributed by atoms with Crippen molar-refractivity contribution in [2.75, 3.05) is 35.7 Å². The second kappa shape index (κ2) is 13.4. The number of hydrogen-bond donors (Lipinski definition) is 1. The first kappa shape index (κ1) is 30.3. The third-order valence-corrected chi connectivity index (χ3v) is 7.76. The smallest absolute Gasteiger partial charge is 0.229 e. The van der Waals surface area contributed by atoms with E-state index in [4.69, 9.17) is 14.2 Å². The van der Waals surface area contributed by atoms with Crippen LogP contribution in [0, 0.1) is 24.5 Å². The molecule has 1 aliphatic rings. The molecule has 1 heterocycles. The Morgan fingerprint density at radius 3 is 2.42 bits per heavy atom. The first-order valence-corrected chi connectivity index (χ1v) is 15.9. The van der Waals surface area contributed by atoms with Gasteiger partial charge in [0.2, 0.25) is 10.0 Å². The van der Waals surface area contributed by atoms with Gasteiger partial charge in [-0.25, -0.2) is 17.2 Å². The minimum absolute atomic E-state index is 0.132. The lowest BCUT2D eigenvalue weighted by molar-refractivity contribution is 0.167. The fraction of sp³-hybridized carbons (Fsp3) is 0.273. The van der Waals surface area contributed by atoms with Gasteiger partial charge in [0.25, 0.3) is 0 Å². The normalized spacial score (nSPS) is 14.8. The second-order valence-electron chi connectivity index (χ2n) is 10.7. The summed E-state index contributed by atoms with van der Waals surface area (Å²) in [6.45, 7) is 4.40. The number of rotatable bonds is 12. The third-order valence-electron chi connectivity index (χ3n) is 7.17. The Morgan fingerprint density at radius 2 is 1.70 bits per heavy atom. The van der Waals surface area contributed by atoms with Crippen LogP contribution in [0.3, 0.4) is 0 Å². The van der Waals surface area contributed by atoms with Crippen molar-refractivity contribution in [3.8, 4) is 17.2 Å². The second-order valence-corrected chi connectivity index (χ2v) is 12.4. The Morgan fingerprint density at radius 1 is 0.930 bits per heavy atom. The van der Waals surface area contributed by atoms with Crippen molar-refractivity contribution in [1.82, 2.24) is 0 Å². The van der Waals surface area contributed by atoms with Gasteiger partial charge in [0.15, 0.2) is 0 Å². The van der Waals surface area contributed by atoms with E-state index in [1.165, 1.54) is 12.1 Å². The summed E-state index contributed by atoms with van der Waals surface area (Å²) in [5, 5.41) is 0. The van der Waals surface area contributed by atoms with Crippen LogP contribution in [-0.4, -0.2) is 34.5 Å². The summed E-state index contributed by atoms with van der Waals surface area (Å²) in [4.78, 5) is 1.92. The molecule has 1 fully saturated rings. The van der Waals surface area contributed by atoms with Crippen LogP contribution < -0.4 is 19.1 Å². The fourth-order valence-electron chi connectivity index (χ4n) is 4.93. The zero-order chi connectivity index (χ0) is 30.4. The van der Waals surface area contributed by atoms with E-state index in [0.717, 1.165) is 43.3 Å². The summed E-state index contributed by atoms with van der Waals surface area (Å²) >= 11 is 0. The predicted molar refractivity (Wildman–Crippen MR) is 163 cm³/mol. The molecule has 1 atom stereocenters. The highest BCUT2D eigenvalue weighted by atomic mass is 32.2. The van der Waals surface area contributed by atoms with Crippen molar-refractivity contribution in [2.24, 2.45) is 5.92 Å². The van der Waals surface area contributed by atoms with Gasteiger partial charge in [-0.2, -0.15) is 0 Å². The molecule has 0 spiro atoms. The molecule has 1 aliphatic heterocycles. The quantitative estimate of drug-likeness (QED) is 0.186. The van der Waals surface area contributed by atoms with Gasteiger partial charge in [-0.3, -0.25) is 4.72 Å². The fourth-order valence-corrected chi connectivity index (χ4v) is 5.55. The minimum atomic E-state index is -3.51. The van der Waals surface area contributed by atoms with E-state index in [9.17, 15) is 17.2 Å². The molecule has 10 heteroatoms. The van der Waals surface area contributed by atoms with Gasteiger partial charge in [-0.1, -0.05) is 30.3 Å². The van der Waals surface area contributed by atoms with Gasteiger partial charge >= 0.3 is 0 Å². The molecule has 7 nitrogen and oxygen atoms in total. The first-order chi connectivity index (χ1) is 20.6. The SMILES string of the molecule is Cc1c(NS(C)(=O)=O)cccc1N(Cc1ccc(Oc2cccc(OCC3CCOC3)c2)cc1)Cc1ccc(F)cc1F. The maximum Gasteiger partial charge on any atom is 0.229 e. The molecule has 1 saturated heterocycles. The van der Waals surface area contributed by atoms with Crippen molar-refractivity contribution >= 4 is 21.4 Å². The Bertz CT molecular complexity index is 1660. The molecule has 0 aromatic heterocycles. The Kier molecular flexibility index (Phi) is 9.47. The third kappa shape index (κ3) is 8.46. The van der Waals surface area contributed by atoms with Crippen LogP contribution in [0.5, 0.6) is 17.2 Å². The number of ether oxygens (including phenoxy) is 3. The van der Waals surface area contributed by atoms with Crippen LogP contribution in [0.4, 0.5) is 20.2 Å². The Balaban J connectivity index is 1.33. The maximum absolute atomic E-state index is 14.7. The number of benzene rings is 4. The molecule has 4 aromatic carbocycles.